The van der Waals surface area contributed by atoms with Crippen LogP contribution >= 0.6 is 11.8 Å². The molecule has 0 radical (unpaired) electrons. The molecule has 1 aliphatic heterocycles. The molecule has 2 heterocycles. The number of carbonyl (C=O) groups is 2. The molecule has 1 aromatic heterocycles. The summed E-state index contributed by atoms with van der Waals surface area (Å²) in [6.07, 6.45) is 2.97. The number of thioether (sulfide) groups is 1. The summed E-state index contributed by atoms with van der Waals surface area (Å²) in [7, 11) is 0. The predicted octanol–water partition coefficient (Wildman–Crippen LogP) is 1.92. The van der Waals surface area contributed by atoms with Crippen molar-refractivity contribution in [2.24, 2.45) is 0 Å². The highest BCUT2D eigenvalue weighted by molar-refractivity contribution is 7.99. The monoisotopic (exact) mass is 283 g/mol. The third kappa shape index (κ3) is 2.78. The van der Waals surface area contributed by atoms with E-state index >= 15 is 0 Å². The van der Waals surface area contributed by atoms with Gasteiger partial charge in [0.2, 0.25) is 0 Å². The second kappa shape index (κ2) is 5.69. The van der Waals surface area contributed by atoms with E-state index in [0.717, 1.165) is 11.5 Å². The van der Waals surface area contributed by atoms with Crippen LogP contribution in [0.1, 0.15) is 35.9 Å². The quantitative estimate of drug-likeness (QED) is 0.882. The number of carboxylic acids is 1. The molecule has 0 aromatic carbocycles. The summed E-state index contributed by atoms with van der Waals surface area (Å²) in [5.41, 5.74) is -0.703. The Morgan fingerprint density at radius 2 is 2.16 bits per heavy atom. The van der Waals surface area contributed by atoms with Gasteiger partial charge < -0.3 is 14.8 Å². The number of aliphatic carboxylic acids is 1. The summed E-state index contributed by atoms with van der Waals surface area (Å²) < 4.78 is 5.21. The number of furan rings is 1. The number of aryl methyl sites for hydroxylation is 1. The molecule has 1 fully saturated rings. The number of carbonyl (C=O) groups excluding carboxylic acids is 1. The topological polar surface area (TPSA) is 79.5 Å². The van der Waals surface area contributed by atoms with Crippen molar-refractivity contribution >= 4 is 23.6 Å². The molecule has 104 valence electrons. The van der Waals surface area contributed by atoms with Crippen molar-refractivity contribution < 1.29 is 19.1 Å². The summed E-state index contributed by atoms with van der Waals surface area (Å²) in [4.78, 5) is 23.7. The Bertz CT molecular complexity index is 477. The smallest absolute Gasteiger partial charge is 0.329 e. The van der Waals surface area contributed by atoms with Crippen molar-refractivity contribution in [1.29, 1.82) is 0 Å². The third-order valence-corrected chi connectivity index (χ3v) is 4.41. The van der Waals surface area contributed by atoms with Crippen LogP contribution in [0.15, 0.2) is 16.7 Å². The molecule has 2 rings (SSSR count). The van der Waals surface area contributed by atoms with Crippen molar-refractivity contribution in [2.45, 2.75) is 31.7 Å². The second-order valence-electron chi connectivity index (χ2n) is 4.56. The Balaban J connectivity index is 2.18. The molecule has 5 nitrogen and oxygen atoms in total. The van der Waals surface area contributed by atoms with E-state index in [9.17, 15) is 14.7 Å². The fraction of sp³-hybridized carbons (Fsp3) is 0.538. The standard InChI is InChI=1S/C13H17NO4S/c1-2-10-9(3-6-18-10)11(15)14-13(12(16)17)4-7-19-8-5-13/h3,6H,2,4-5,7-8H2,1H3,(H,14,15)(H,16,17). The van der Waals surface area contributed by atoms with Gasteiger partial charge in [0.05, 0.1) is 11.8 Å². The largest absolute Gasteiger partial charge is 0.480 e. The minimum atomic E-state index is -1.13. The van der Waals surface area contributed by atoms with Gasteiger partial charge in [-0.05, 0) is 30.4 Å². The zero-order valence-corrected chi connectivity index (χ0v) is 11.6. The summed E-state index contributed by atoms with van der Waals surface area (Å²) in [5, 5.41) is 12.1. The van der Waals surface area contributed by atoms with E-state index in [4.69, 9.17) is 4.42 Å². The van der Waals surface area contributed by atoms with E-state index in [1.54, 1.807) is 17.8 Å². The predicted molar refractivity (Wildman–Crippen MR) is 72.5 cm³/mol. The maximum absolute atomic E-state index is 12.2. The van der Waals surface area contributed by atoms with E-state index in [1.807, 2.05) is 6.92 Å². The Hall–Kier alpha value is -1.43. The lowest BCUT2D eigenvalue weighted by atomic mass is 9.92. The highest BCUT2D eigenvalue weighted by atomic mass is 32.2. The minimum absolute atomic E-state index is 0.361. The molecule has 0 spiro atoms. The zero-order valence-electron chi connectivity index (χ0n) is 10.8. The lowest BCUT2D eigenvalue weighted by Gasteiger charge is -2.33. The Morgan fingerprint density at radius 3 is 2.74 bits per heavy atom. The van der Waals surface area contributed by atoms with Crippen molar-refractivity contribution in [3.63, 3.8) is 0 Å². The van der Waals surface area contributed by atoms with E-state index < -0.39 is 11.5 Å². The molecule has 1 aliphatic rings. The molecule has 1 amide bonds. The molecule has 0 atom stereocenters. The molecular weight excluding hydrogens is 266 g/mol. The molecular formula is C13H17NO4S. The normalized spacial score (nSPS) is 17.9. The van der Waals surface area contributed by atoms with Gasteiger partial charge in [0.1, 0.15) is 11.3 Å². The van der Waals surface area contributed by atoms with Crippen LogP contribution in [0.2, 0.25) is 0 Å². The molecule has 1 saturated heterocycles. The highest BCUT2D eigenvalue weighted by Crippen LogP contribution is 2.28. The summed E-state index contributed by atoms with van der Waals surface area (Å²) in [5.74, 6) is 0.767. The highest BCUT2D eigenvalue weighted by Gasteiger charge is 2.41. The van der Waals surface area contributed by atoms with Gasteiger partial charge in [-0.25, -0.2) is 4.79 Å². The van der Waals surface area contributed by atoms with Crippen molar-refractivity contribution in [3.05, 3.63) is 23.7 Å². The lowest BCUT2D eigenvalue weighted by molar-refractivity contribution is -0.144. The average molecular weight is 283 g/mol. The van der Waals surface area contributed by atoms with Crippen LogP contribution in [0.25, 0.3) is 0 Å². The summed E-state index contributed by atoms with van der Waals surface area (Å²) in [6, 6.07) is 1.58. The fourth-order valence-corrected chi connectivity index (χ4v) is 3.40. The van der Waals surface area contributed by atoms with Gasteiger partial charge >= 0.3 is 5.97 Å². The molecule has 0 bridgehead atoms. The SMILES string of the molecule is CCc1occc1C(=O)NC1(C(=O)O)CCSCC1. The van der Waals surface area contributed by atoms with E-state index in [-0.39, 0.29) is 5.91 Å². The van der Waals surface area contributed by atoms with Gasteiger partial charge in [-0.3, -0.25) is 4.79 Å². The molecule has 19 heavy (non-hydrogen) atoms. The van der Waals surface area contributed by atoms with E-state index in [0.29, 0.717) is 30.6 Å². The van der Waals surface area contributed by atoms with Gasteiger partial charge in [0.25, 0.3) is 5.91 Å². The molecule has 0 saturated carbocycles. The van der Waals surface area contributed by atoms with Crippen LogP contribution in [0.3, 0.4) is 0 Å². The summed E-state index contributed by atoms with van der Waals surface area (Å²) >= 11 is 1.71. The Kier molecular flexibility index (Phi) is 4.19. The first kappa shape index (κ1) is 14.0. The Labute approximate surface area is 115 Å². The first-order chi connectivity index (χ1) is 9.09. The van der Waals surface area contributed by atoms with Crippen LogP contribution < -0.4 is 5.32 Å². The van der Waals surface area contributed by atoms with E-state index in [2.05, 4.69) is 5.32 Å². The minimum Gasteiger partial charge on any atom is -0.480 e. The second-order valence-corrected chi connectivity index (χ2v) is 5.79. The van der Waals surface area contributed by atoms with Crippen molar-refractivity contribution in [3.8, 4) is 0 Å². The van der Waals surface area contributed by atoms with Crippen molar-refractivity contribution in [1.82, 2.24) is 5.32 Å². The summed E-state index contributed by atoms with van der Waals surface area (Å²) in [6.45, 7) is 1.89. The van der Waals surface area contributed by atoms with Gasteiger partial charge in [0, 0.05) is 6.42 Å². The number of amides is 1. The van der Waals surface area contributed by atoms with Crippen LogP contribution in [0, 0.1) is 0 Å². The molecule has 2 N–H and O–H groups in total. The maximum atomic E-state index is 12.2. The maximum Gasteiger partial charge on any atom is 0.329 e. The Morgan fingerprint density at radius 1 is 1.47 bits per heavy atom. The lowest BCUT2D eigenvalue weighted by Crippen LogP contribution is -2.56. The fourth-order valence-electron chi connectivity index (χ4n) is 2.21. The van der Waals surface area contributed by atoms with Gasteiger partial charge in [-0.15, -0.1) is 0 Å². The molecule has 0 unspecified atom stereocenters. The first-order valence-electron chi connectivity index (χ1n) is 6.29. The van der Waals surface area contributed by atoms with Gasteiger partial charge in [-0.1, -0.05) is 6.92 Å². The van der Waals surface area contributed by atoms with Gasteiger partial charge in [-0.2, -0.15) is 11.8 Å². The van der Waals surface area contributed by atoms with Crippen LogP contribution in [-0.4, -0.2) is 34.0 Å². The zero-order chi connectivity index (χ0) is 13.9. The molecule has 6 heteroatoms. The number of hydrogen-bond donors (Lipinski definition) is 2. The number of hydrogen-bond acceptors (Lipinski definition) is 4. The number of carboxylic acid groups (broad SMARTS) is 1. The van der Waals surface area contributed by atoms with E-state index in [1.165, 1.54) is 6.26 Å². The first-order valence-corrected chi connectivity index (χ1v) is 7.44. The van der Waals surface area contributed by atoms with Crippen LogP contribution in [0.4, 0.5) is 0 Å². The molecule has 0 aliphatic carbocycles. The third-order valence-electron chi connectivity index (χ3n) is 3.42. The number of nitrogens with one attached hydrogen (secondary N) is 1. The average Bonchev–Trinajstić information content (AvgIpc) is 2.88. The molecule has 1 aromatic rings. The number of rotatable bonds is 4. The van der Waals surface area contributed by atoms with Crippen LogP contribution in [-0.2, 0) is 11.2 Å². The van der Waals surface area contributed by atoms with Crippen LogP contribution in [0.5, 0.6) is 0 Å². The van der Waals surface area contributed by atoms with Crippen molar-refractivity contribution in [2.75, 3.05) is 11.5 Å². The van der Waals surface area contributed by atoms with Gasteiger partial charge in [0.15, 0.2) is 0 Å².